The van der Waals surface area contributed by atoms with Gasteiger partial charge < -0.3 is 16.0 Å². The first kappa shape index (κ1) is 19.7. The molecular weight excluding hydrogens is 264 g/mol. The Hall–Kier alpha value is -1.26. The third-order valence-corrected chi connectivity index (χ3v) is 3.57. The van der Waals surface area contributed by atoms with Crippen LogP contribution >= 0.6 is 0 Å². The van der Waals surface area contributed by atoms with Crippen molar-refractivity contribution in [2.24, 2.45) is 16.8 Å². The summed E-state index contributed by atoms with van der Waals surface area (Å²) in [5.74, 6) is 1.63. The van der Waals surface area contributed by atoms with Crippen LogP contribution in [0.1, 0.15) is 53.4 Å². The average Bonchev–Trinajstić information content (AvgIpc) is 2.48. The van der Waals surface area contributed by atoms with Gasteiger partial charge >= 0.3 is 0 Å². The highest BCUT2D eigenvalue weighted by molar-refractivity contribution is 5.80. The van der Waals surface area contributed by atoms with Crippen LogP contribution in [0.2, 0.25) is 0 Å². The van der Waals surface area contributed by atoms with E-state index in [0.29, 0.717) is 19.0 Å². The number of hydrogen-bond donors (Lipinski definition) is 3. The molecular formula is C16H34N4O. The van der Waals surface area contributed by atoms with Gasteiger partial charge in [0.25, 0.3) is 0 Å². The van der Waals surface area contributed by atoms with Crippen molar-refractivity contribution < 1.29 is 4.79 Å². The van der Waals surface area contributed by atoms with Crippen LogP contribution in [0.4, 0.5) is 0 Å². The highest BCUT2D eigenvalue weighted by Gasteiger charge is 2.07. The molecule has 5 heteroatoms. The molecule has 3 N–H and O–H groups in total. The van der Waals surface area contributed by atoms with Gasteiger partial charge in [-0.05, 0) is 12.3 Å². The predicted molar refractivity (Wildman–Crippen MR) is 90.5 cm³/mol. The van der Waals surface area contributed by atoms with Crippen LogP contribution in [-0.4, -0.2) is 38.5 Å². The lowest BCUT2D eigenvalue weighted by atomic mass is 9.99. The molecule has 0 saturated heterocycles. The number of amides is 1. The second-order valence-corrected chi connectivity index (χ2v) is 5.74. The first-order chi connectivity index (χ1) is 10.0. The number of aliphatic imine (C=N–C) groups is 1. The molecule has 0 radical (unpaired) electrons. The highest BCUT2D eigenvalue weighted by atomic mass is 16.1. The van der Waals surface area contributed by atoms with Crippen LogP contribution in [0.25, 0.3) is 0 Å². The quantitative estimate of drug-likeness (QED) is 0.329. The average molecular weight is 298 g/mol. The van der Waals surface area contributed by atoms with Crippen LogP contribution in [-0.2, 0) is 4.79 Å². The van der Waals surface area contributed by atoms with E-state index < -0.39 is 0 Å². The Kier molecular flexibility index (Phi) is 11.7. The van der Waals surface area contributed by atoms with Crippen molar-refractivity contribution >= 4 is 11.9 Å². The molecule has 1 amide bonds. The Labute approximate surface area is 130 Å². The van der Waals surface area contributed by atoms with Crippen molar-refractivity contribution in [2.45, 2.75) is 53.4 Å². The largest absolute Gasteiger partial charge is 0.356 e. The van der Waals surface area contributed by atoms with Gasteiger partial charge in [-0.3, -0.25) is 9.79 Å². The lowest BCUT2D eigenvalue weighted by Crippen LogP contribution is -2.43. The zero-order chi connectivity index (χ0) is 16.1. The van der Waals surface area contributed by atoms with Crippen molar-refractivity contribution in [3.63, 3.8) is 0 Å². The summed E-state index contributed by atoms with van der Waals surface area (Å²) in [6.45, 7) is 10.5. The van der Waals surface area contributed by atoms with Crippen LogP contribution < -0.4 is 16.0 Å². The van der Waals surface area contributed by atoms with E-state index in [4.69, 9.17) is 0 Å². The molecule has 0 spiro atoms. The zero-order valence-electron chi connectivity index (χ0n) is 14.5. The van der Waals surface area contributed by atoms with E-state index in [9.17, 15) is 4.79 Å². The van der Waals surface area contributed by atoms with Gasteiger partial charge in [-0.2, -0.15) is 0 Å². The molecule has 0 aliphatic heterocycles. The second-order valence-electron chi connectivity index (χ2n) is 5.74. The van der Waals surface area contributed by atoms with Crippen molar-refractivity contribution in [1.29, 1.82) is 0 Å². The Morgan fingerprint density at radius 2 is 1.76 bits per heavy atom. The molecule has 0 aromatic carbocycles. The van der Waals surface area contributed by atoms with Gasteiger partial charge in [-0.15, -0.1) is 0 Å². The third kappa shape index (κ3) is 10.2. The molecule has 5 nitrogen and oxygen atoms in total. The van der Waals surface area contributed by atoms with E-state index >= 15 is 0 Å². The van der Waals surface area contributed by atoms with Crippen molar-refractivity contribution in [3.8, 4) is 0 Å². The topological polar surface area (TPSA) is 65.5 Å². The smallest absolute Gasteiger partial charge is 0.222 e. The van der Waals surface area contributed by atoms with Gasteiger partial charge in [0, 0.05) is 32.6 Å². The fourth-order valence-electron chi connectivity index (χ4n) is 1.98. The first-order valence-corrected chi connectivity index (χ1v) is 8.27. The lowest BCUT2D eigenvalue weighted by Gasteiger charge is -2.18. The molecule has 124 valence electrons. The maximum absolute atomic E-state index is 11.4. The number of carbonyl (C=O) groups is 1. The molecule has 0 bridgehead atoms. The van der Waals surface area contributed by atoms with Gasteiger partial charge in [0.15, 0.2) is 5.96 Å². The van der Waals surface area contributed by atoms with Gasteiger partial charge in [-0.1, -0.05) is 47.0 Å². The minimum Gasteiger partial charge on any atom is -0.356 e. The van der Waals surface area contributed by atoms with E-state index in [0.717, 1.165) is 12.5 Å². The van der Waals surface area contributed by atoms with Gasteiger partial charge in [-0.25, -0.2) is 0 Å². The number of nitrogens with zero attached hydrogens (tertiary/aromatic N) is 1. The third-order valence-electron chi connectivity index (χ3n) is 3.57. The summed E-state index contributed by atoms with van der Waals surface area (Å²) in [7, 11) is 1.77. The number of unbranched alkanes of at least 4 members (excludes halogenated alkanes) is 1. The summed E-state index contributed by atoms with van der Waals surface area (Å²) in [6.07, 6.45) is 4.99. The Balaban J connectivity index is 3.88. The molecule has 0 saturated carbocycles. The molecule has 0 aromatic heterocycles. The number of carbonyl (C=O) groups excluding carboxylic acids is 1. The number of nitrogens with one attached hydrogen (secondary N) is 3. The highest BCUT2D eigenvalue weighted by Crippen LogP contribution is 2.10. The van der Waals surface area contributed by atoms with Crippen molar-refractivity contribution in [3.05, 3.63) is 0 Å². The lowest BCUT2D eigenvalue weighted by molar-refractivity contribution is -0.123. The van der Waals surface area contributed by atoms with Crippen LogP contribution in [0.3, 0.4) is 0 Å². The van der Waals surface area contributed by atoms with E-state index in [-0.39, 0.29) is 11.8 Å². The molecule has 1 unspecified atom stereocenters. The Bertz CT molecular complexity index is 303. The molecule has 0 aliphatic carbocycles. The number of rotatable bonds is 10. The van der Waals surface area contributed by atoms with E-state index in [1.54, 1.807) is 7.05 Å². The number of hydrogen-bond acceptors (Lipinski definition) is 2. The van der Waals surface area contributed by atoms with Crippen molar-refractivity contribution in [1.82, 2.24) is 16.0 Å². The van der Waals surface area contributed by atoms with E-state index in [1.807, 2.05) is 13.8 Å². The molecule has 1 atom stereocenters. The summed E-state index contributed by atoms with van der Waals surface area (Å²) in [4.78, 5) is 15.6. The fourth-order valence-corrected chi connectivity index (χ4v) is 1.98. The maximum Gasteiger partial charge on any atom is 0.222 e. The minimum atomic E-state index is 0.0336. The van der Waals surface area contributed by atoms with E-state index in [1.165, 1.54) is 25.7 Å². The summed E-state index contributed by atoms with van der Waals surface area (Å²) in [5.41, 5.74) is 0. The summed E-state index contributed by atoms with van der Waals surface area (Å²) in [6, 6.07) is 0. The molecule has 0 rings (SSSR count). The summed E-state index contributed by atoms with van der Waals surface area (Å²) in [5, 5.41) is 9.47. The summed E-state index contributed by atoms with van der Waals surface area (Å²) >= 11 is 0. The molecule has 0 aliphatic rings. The van der Waals surface area contributed by atoms with Gasteiger partial charge in [0.1, 0.15) is 0 Å². The molecule has 21 heavy (non-hydrogen) atoms. The Morgan fingerprint density at radius 1 is 1.10 bits per heavy atom. The molecule has 0 aromatic rings. The van der Waals surface area contributed by atoms with Crippen LogP contribution in [0.15, 0.2) is 4.99 Å². The Morgan fingerprint density at radius 3 is 2.29 bits per heavy atom. The normalized spacial score (nSPS) is 13.1. The maximum atomic E-state index is 11.4. The minimum absolute atomic E-state index is 0.0336. The van der Waals surface area contributed by atoms with Crippen LogP contribution in [0, 0.1) is 11.8 Å². The van der Waals surface area contributed by atoms with Gasteiger partial charge in [0.2, 0.25) is 5.91 Å². The molecule has 0 heterocycles. The fraction of sp³-hybridized carbons (Fsp3) is 0.875. The zero-order valence-corrected chi connectivity index (χ0v) is 14.5. The number of guanidine groups is 1. The SMILES string of the molecule is CCCCC(CC)CNC(=NC)NCCNC(=O)C(C)C. The first-order valence-electron chi connectivity index (χ1n) is 8.27. The second kappa shape index (κ2) is 12.5. The monoisotopic (exact) mass is 298 g/mol. The summed E-state index contributed by atoms with van der Waals surface area (Å²) < 4.78 is 0. The van der Waals surface area contributed by atoms with Gasteiger partial charge in [0.05, 0.1) is 0 Å². The predicted octanol–water partition coefficient (Wildman–Crippen LogP) is 2.14. The van der Waals surface area contributed by atoms with Crippen LogP contribution in [0.5, 0.6) is 0 Å². The van der Waals surface area contributed by atoms with E-state index in [2.05, 4.69) is 34.8 Å². The standard InChI is InChI=1S/C16H34N4O/c1-6-8-9-14(7-2)12-20-16(17-5)19-11-10-18-15(21)13(3)4/h13-14H,6-12H2,1-5H3,(H,18,21)(H2,17,19,20). The molecule has 0 fully saturated rings. The van der Waals surface area contributed by atoms with Crippen molar-refractivity contribution in [2.75, 3.05) is 26.7 Å².